The van der Waals surface area contributed by atoms with Crippen molar-refractivity contribution in [3.8, 4) is 0 Å². The Morgan fingerprint density at radius 3 is 2.58 bits per heavy atom. The normalized spacial score (nSPS) is 18.4. The van der Waals surface area contributed by atoms with E-state index in [-0.39, 0.29) is 16.4 Å². The van der Waals surface area contributed by atoms with Crippen molar-refractivity contribution in [3.63, 3.8) is 0 Å². The first-order valence-corrected chi connectivity index (χ1v) is 10.2. The van der Waals surface area contributed by atoms with Gasteiger partial charge in [-0.05, 0) is 25.1 Å². The zero-order valence-electron chi connectivity index (χ0n) is 15.4. The van der Waals surface area contributed by atoms with E-state index in [2.05, 4.69) is 21.6 Å². The lowest BCUT2D eigenvalue weighted by Crippen LogP contribution is -2.46. The van der Waals surface area contributed by atoms with Crippen LogP contribution < -0.4 is 10.5 Å². The van der Waals surface area contributed by atoms with E-state index >= 15 is 0 Å². The van der Waals surface area contributed by atoms with Crippen molar-refractivity contribution in [1.82, 2.24) is 19.1 Å². The zero-order chi connectivity index (χ0) is 18.9. The van der Waals surface area contributed by atoms with Crippen molar-refractivity contribution in [2.75, 3.05) is 46.3 Å². The van der Waals surface area contributed by atoms with Crippen LogP contribution in [0.1, 0.15) is 6.92 Å². The Hall–Kier alpha value is -1.68. The molecule has 1 fully saturated rings. The van der Waals surface area contributed by atoms with Crippen LogP contribution in [-0.2, 0) is 17.1 Å². The van der Waals surface area contributed by atoms with Gasteiger partial charge in [0.15, 0.2) is 5.58 Å². The average Bonchev–Trinajstić information content (AvgIpc) is 2.89. The number of fused-ring (bicyclic) bond motifs is 1. The predicted octanol–water partition coefficient (Wildman–Crippen LogP) is 0.293. The van der Waals surface area contributed by atoms with Crippen LogP contribution in [0.5, 0.6) is 0 Å². The van der Waals surface area contributed by atoms with Crippen molar-refractivity contribution in [1.29, 1.82) is 0 Å². The van der Waals surface area contributed by atoms with Gasteiger partial charge in [0.1, 0.15) is 0 Å². The molecule has 1 N–H and O–H groups in total. The van der Waals surface area contributed by atoms with Crippen LogP contribution in [0, 0.1) is 5.92 Å². The molecule has 0 bridgehead atoms. The second kappa shape index (κ2) is 7.51. The molecule has 1 aromatic heterocycles. The standard InChI is InChI=1S/C17H26N4O4S/c1-13(12-21-8-6-19(2)7-9-21)11-18-26(23,24)14-4-5-15-16(10-14)25-17(22)20(15)3/h4-5,10,13,18H,6-9,11-12H2,1-3H3. The number of aromatic nitrogens is 1. The second-order valence-electron chi connectivity index (χ2n) is 7.12. The number of benzene rings is 1. The highest BCUT2D eigenvalue weighted by Gasteiger charge is 2.20. The molecule has 0 saturated carbocycles. The molecule has 3 rings (SSSR count). The fourth-order valence-electron chi connectivity index (χ4n) is 3.15. The van der Waals surface area contributed by atoms with Gasteiger partial charge in [-0.15, -0.1) is 0 Å². The molecule has 0 radical (unpaired) electrons. The summed E-state index contributed by atoms with van der Waals surface area (Å²) in [6, 6.07) is 4.47. The maximum atomic E-state index is 12.5. The summed E-state index contributed by atoms with van der Waals surface area (Å²) in [5, 5.41) is 0. The van der Waals surface area contributed by atoms with Crippen LogP contribution in [0.15, 0.2) is 32.3 Å². The number of hydrogen-bond donors (Lipinski definition) is 1. The first-order valence-electron chi connectivity index (χ1n) is 8.76. The molecule has 1 saturated heterocycles. The van der Waals surface area contributed by atoms with Crippen LogP contribution >= 0.6 is 0 Å². The molecule has 1 aliphatic heterocycles. The number of sulfonamides is 1. The molecule has 0 amide bonds. The van der Waals surface area contributed by atoms with E-state index in [0.717, 1.165) is 32.7 Å². The maximum Gasteiger partial charge on any atom is 0.419 e. The third-order valence-electron chi connectivity index (χ3n) is 4.86. The summed E-state index contributed by atoms with van der Waals surface area (Å²) in [6.45, 7) is 7.38. The summed E-state index contributed by atoms with van der Waals surface area (Å²) in [5.41, 5.74) is 0.836. The third-order valence-corrected chi connectivity index (χ3v) is 6.28. The van der Waals surface area contributed by atoms with E-state index < -0.39 is 15.8 Å². The Labute approximate surface area is 153 Å². The van der Waals surface area contributed by atoms with E-state index in [4.69, 9.17) is 4.42 Å². The van der Waals surface area contributed by atoms with Crippen LogP contribution in [0.2, 0.25) is 0 Å². The molecule has 144 valence electrons. The van der Waals surface area contributed by atoms with Gasteiger partial charge in [-0.25, -0.2) is 17.9 Å². The molecule has 8 nitrogen and oxygen atoms in total. The lowest BCUT2D eigenvalue weighted by molar-refractivity contribution is 0.139. The molecule has 1 unspecified atom stereocenters. The van der Waals surface area contributed by atoms with Crippen molar-refractivity contribution >= 4 is 21.1 Å². The molecule has 1 atom stereocenters. The summed E-state index contributed by atoms with van der Waals surface area (Å²) >= 11 is 0. The van der Waals surface area contributed by atoms with Gasteiger partial charge in [-0.1, -0.05) is 6.92 Å². The average molecular weight is 382 g/mol. The number of oxazole rings is 1. The summed E-state index contributed by atoms with van der Waals surface area (Å²) in [6.07, 6.45) is 0. The Balaban J connectivity index is 1.62. The van der Waals surface area contributed by atoms with Crippen molar-refractivity contribution in [2.45, 2.75) is 11.8 Å². The smallest absolute Gasteiger partial charge is 0.408 e. The minimum atomic E-state index is -3.65. The first-order chi connectivity index (χ1) is 12.3. The Morgan fingerprint density at radius 1 is 1.19 bits per heavy atom. The number of hydrogen-bond acceptors (Lipinski definition) is 6. The van der Waals surface area contributed by atoms with Crippen molar-refractivity contribution < 1.29 is 12.8 Å². The number of piperazine rings is 1. The van der Waals surface area contributed by atoms with Gasteiger partial charge in [0, 0.05) is 52.4 Å². The maximum absolute atomic E-state index is 12.5. The summed E-state index contributed by atoms with van der Waals surface area (Å²) in [7, 11) is 0.0476. The fourth-order valence-corrected chi connectivity index (χ4v) is 4.33. The predicted molar refractivity (Wildman–Crippen MR) is 99.7 cm³/mol. The van der Waals surface area contributed by atoms with Gasteiger partial charge in [0.05, 0.1) is 10.4 Å². The number of aryl methyl sites for hydroxylation is 1. The fraction of sp³-hybridized carbons (Fsp3) is 0.588. The summed E-state index contributed by atoms with van der Waals surface area (Å²) in [4.78, 5) is 16.3. The van der Waals surface area contributed by atoms with Crippen LogP contribution in [0.3, 0.4) is 0 Å². The highest BCUT2D eigenvalue weighted by atomic mass is 32.2. The zero-order valence-corrected chi connectivity index (χ0v) is 16.3. The van der Waals surface area contributed by atoms with Crippen LogP contribution in [-0.4, -0.2) is 69.1 Å². The molecule has 2 heterocycles. The van der Waals surface area contributed by atoms with E-state index in [1.807, 2.05) is 6.92 Å². The van der Waals surface area contributed by atoms with Crippen LogP contribution in [0.4, 0.5) is 0 Å². The van der Waals surface area contributed by atoms with Gasteiger partial charge in [-0.2, -0.15) is 0 Å². The van der Waals surface area contributed by atoms with E-state index in [0.29, 0.717) is 12.1 Å². The minimum absolute atomic E-state index is 0.103. The molecule has 26 heavy (non-hydrogen) atoms. The van der Waals surface area contributed by atoms with Gasteiger partial charge in [-0.3, -0.25) is 4.57 Å². The number of likely N-dealkylation sites (N-methyl/N-ethyl adjacent to an activating group) is 1. The molecule has 9 heteroatoms. The van der Waals surface area contributed by atoms with Gasteiger partial charge in [0.25, 0.3) is 0 Å². The molecular weight excluding hydrogens is 356 g/mol. The van der Waals surface area contributed by atoms with Gasteiger partial charge in [0.2, 0.25) is 10.0 Å². The lowest BCUT2D eigenvalue weighted by atomic mass is 10.1. The third kappa shape index (κ3) is 4.17. The molecule has 2 aromatic rings. The van der Waals surface area contributed by atoms with E-state index in [1.165, 1.54) is 16.7 Å². The minimum Gasteiger partial charge on any atom is -0.408 e. The topological polar surface area (TPSA) is 87.8 Å². The summed E-state index contributed by atoms with van der Waals surface area (Å²) in [5.74, 6) is -0.310. The highest BCUT2D eigenvalue weighted by Crippen LogP contribution is 2.18. The molecule has 1 aromatic carbocycles. The Morgan fingerprint density at radius 2 is 1.88 bits per heavy atom. The Kier molecular flexibility index (Phi) is 5.52. The lowest BCUT2D eigenvalue weighted by Gasteiger charge is -2.33. The van der Waals surface area contributed by atoms with Gasteiger partial charge < -0.3 is 14.2 Å². The van der Waals surface area contributed by atoms with Gasteiger partial charge >= 0.3 is 5.76 Å². The van der Waals surface area contributed by atoms with Crippen LogP contribution in [0.25, 0.3) is 11.1 Å². The van der Waals surface area contributed by atoms with E-state index in [9.17, 15) is 13.2 Å². The second-order valence-corrected chi connectivity index (χ2v) is 8.88. The molecule has 0 spiro atoms. The van der Waals surface area contributed by atoms with Crippen molar-refractivity contribution in [2.24, 2.45) is 13.0 Å². The monoisotopic (exact) mass is 382 g/mol. The first kappa shape index (κ1) is 19.1. The molecule has 1 aliphatic rings. The van der Waals surface area contributed by atoms with Crippen molar-refractivity contribution in [3.05, 3.63) is 28.7 Å². The molecule has 0 aliphatic carbocycles. The Bertz CT molecular complexity index is 926. The highest BCUT2D eigenvalue weighted by molar-refractivity contribution is 7.89. The number of nitrogens with one attached hydrogen (secondary N) is 1. The van der Waals surface area contributed by atoms with E-state index in [1.54, 1.807) is 13.1 Å². The summed E-state index contributed by atoms with van der Waals surface area (Å²) < 4.78 is 34.2. The number of rotatable bonds is 6. The SMILES string of the molecule is CC(CNS(=O)(=O)c1ccc2c(c1)oc(=O)n2C)CN1CCN(C)CC1. The molecular formula is C17H26N4O4S. The quantitative estimate of drug-likeness (QED) is 0.773. The largest absolute Gasteiger partial charge is 0.419 e. The number of nitrogens with zero attached hydrogens (tertiary/aromatic N) is 3.